The zero-order valence-electron chi connectivity index (χ0n) is 11.2. The Morgan fingerprint density at radius 1 is 1.33 bits per heavy atom. The summed E-state index contributed by atoms with van der Waals surface area (Å²) in [5.41, 5.74) is 5.94. The second-order valence-corrected chi connectivity index (χ2v) is 5.93. The van der Waals surface area contributed by atoms with Gasteiger partial charge in [-0.2, -0.15) is 0 Å². The molecule has 1 heterocycles. The van der Waals surface area contributed by atoms with Gasteiger partial charge in [-0.3, -0.25) is 4.79 Å². The Labute approximate surface area is 110 Å². The minimum absolute atomic E-state index is 0.196. The summed E-state index contributed by atoms with van der Waals surface area (Å²) in [6.07, 6.45) is 7.51. The summed E-state index contributed by atoms with van der Waals surface area (Å²) >= 11 is 0. The Hall–Kier alpha value is -0.610. The van der Waals surface area contributed by atoms with E-state index < -0.39 is 0 Å². The van der Waals surface area contributed by atoms with E-state index in [1.54, 1.807) is 0 Å². The van der Waals surface area contributed by atoms with Crippen LogP contribution in [0, 0.1) is 11.3 Å². The number of nitrogens with two attached hydrogens (primary N) is 1. The highest BCUT2D eigenvalue weighted by atomic mass is 16.5. The van der Waals surface area contributed by atoms with Crippen LogP contribution in [-0.2, 0) is 9.53 Å². The molecular formula is C14H26N2O2. The van der Waals surface area contributed by atoms with Crippen molar-refractivity contribution < 1.29 is 9.53 Å². The molecule has 0 atom stereocenters. The van der Waals surface area contributed by atoms with Crippen LogP contribution in [0.2, 0.25) is 0 Å². The molecule has 1 saturated heterocycles. The van der Waals surface area contributed by atoms with Gasteiger partial charge in [0.2, 0.25) is 5.91 Å². The van der Waals surface area contributed by atoms with Crippen LogP contribution in [-0.4, -0.2) is 32.2 Å². The number of ether oxygens (including phenoxy) is 1. The van der Waals surface area contributed by atoms with Crippen LogP contribution in [0.4, 0.5) is 0 Å². The lowest BCUT2D eigenvalue weighted by atomic mass is 9.94. The normalized spacial score (nSPS) is 22.7. The monoisotopic (exact) mass is 254 g/mol. The predicted octanol–water partition coefficient (Wildman–Crippen LogP) is 1.44. The molecule has 1 amide bonds. The topological polar surface area (TPSA) is 64.3 Å². The summed E-state index contributed by atoms with van der Waals surface area (Å²) in [6.45, 7) is 3.28. The van der Waals surface area contributed by atoms with Crippen LogP contribution in [0.25, 0.3) is 0 Å². The van der Waals surface area contributed by atoms with Crippen LogP contribution < -0.4 is 11.1 Å². The van der Waals surface area contributed by atoms with Crippen molar-refractivity contribution in [1.29, 1.82) is 0 Å². The highest BCUT2D eigenvalue weighted by molar-refractivity contribution is 5.75. The van der Waals surface area contributed by atoms with Gasteiger partial charge >= 0.3 is 0 Å². The summed E-state index contributed by atoms with van der Waals surface area (Å²) in [5, 5.41) is 3.03. The average molecular weight is 254 g/mol. The van der Waals surface area contributed by atoms with E-state index in [0.717, 1.165) is 44.9 Å². The van der Waals surface area contributed by atoms with Crippen LogP contribution in [0.1, 0.15) is 44.9 Å². The Kier molecular flexibility index (Phi) is 5.01. The average Bonchev–Trinajstić information content (AvgIpc) is 3.18. The van der Waals surface area contributed by atoms with E-state index in [9.17, 15) is 4.79 Å². The summed E-state index contributed by atoms with van der Waals surface area (Å²) in [4.78, 5) is 11.7. The molecule has 0 unspecified atom stereocenters. The van der Waals surface area contributed by atoms with E-state index in [2.05, 4.69) is 5.32 Å². The second kappa shape index (κ2) is 6.53. The minimum Gasteiger partial charge on any atom is -0.381 e. The maximum Gasteiger partial charge on any atom is 0.220 e. The van der Waals surface area contributed by atoms with E-state index in [1.807, 2.05) is 0 Å². The van der Waals surface area contributed by atoms with Crippen molar-refractivity contribution >= 4 is 5.91 Å². The third-order valence-corrected chi connectivity index (χ3v) is 4.41. The van der Waals surface area contributed by atoms with Gasteiger partial charge in [0.1, 0.15) is 0 Å². The van der Waals surface area contributed by atoms with E-state index in [0.29, 0.717) is 13.0 Å². The van der Waals surface area contributed by atoms with Crippen LogP contribution in [0.5, 0.6) is 0 Å². The number of amides is 1. The lowest BCUT2D eigenvalue weighted by Crippen LogP contribution is -2.33. The first-order chi connectivity index (χ1) is 8.74. The number of rotatable bonds is 7. The van der Waals surface area contributed by atoms with Crippen molar-refractivity contribution in [3.63, 3.8) is 0 Å². The molecule has 4 heteroatoms. The molecular weight excluding hydrogens is 228 g/mol. The fourth-order valence-electron chi connectivity index (χ4n) is 2.59. The van der Waals surface area contributed by atoms with Gasteiger partial charge in [-0.15, -0.1) is 0 Å². The first kappa shape index (κ1) is 13.8. The number of nitrogens with one attached hydrogen (secondary N) is 1. The van der Waals surface area contributed by atoms with Gasteiger partial charge in [-0.05, 0) is 56.4 Å². The molecule has 1 aliphatic heterocycles. The van der Waals surface area contributed by atoms with Crippen molar-refractivity contribution in [2.75, 3.05) is 26.3 Å². The van der Waals surface area contributed by atoms with Crippen LogP contribution >= 0.6 is 0 Å². The SMILES string of the molecule is NCC1(CNC(=O)CCCC2CCOCC2)CC1. The summed E-state index contributed by atoms with van der Waals surface area (Å²) in [5.74, 6) is 0.965. The Balaban J connectivity index is 1.51. The Morgan fingerprint density at radius 3 is 2.67 bits per heavy atom. The molecule has 0 aromatic heterocycles. The predicted molar refractivity (Wildman–Crippen MR) is 71.1 cm³/mol. The molecule has 0 spiro atoms. The van der Waals surface area contributed by atoms with Gasteiger partial charge in [0, 0.05) is 26.2 Å². The molecule has 0 bridgehead atoms. The van der Waals surface area contributed by atoms with Crippen molar-refractivity contribution in [3.8, 4) is 0 Å². The first-order valence-electron chi connectivity index (χ1n) is 7.29. The molecule has 2 fully saturated rings. The van der Waals surface area contributed by atoms with Gasteiger partial charge in [0.25, 0.3) is 0 Å². The van der Waals surface area contributed by atoms with Gasteiger partial charge in [-0.1, -0.05) is 0 Å². The second-order valence-electron chi connectivity index (χ2n) is 5.93. The quantitative estimate of drug-likeness (QED) is 0.722. The maximum absolute atomic E-state index is 11.7. The van der Waals surface area contributed by atoms with E-state index >= 15 is 0 Å². The van der Waals surface area contributed by atoms with Crippen molar-refractivity contribution in [2.24, 2.45) is 17.1 Å². The van der Waals surface area contributed by atoms with Crippen molar-refractivity contribution in [3.05, 3.63) is 0 Å². The molecule has 1 aliphatic carbocycles. The number of hydrogen-bond donors (Lipinski definition) is 2. The zero-order valence-corrected chi connectivity index (χ0v) is 11.2. The summed E-state index contributed by atoms with van der Waals surface area (Å²) < 4.78 is 5.33. The van der Waals surface area contributed by atoms with Gasteiger partial charge < -0.3 is 15.8 Å². The number of hydrogen-bond acceptors (Lipinski definition) is 3. The minimum atomic E-state index is 0.196. The van der Waals surface area contributed by atoms with E-state index in [4.69, 9.17) is 10.5 Å². The highest BCUT2D eigenvalue weighted by Crippen LogP contribution is 2.43. The lowest BCUT2D eigenvalue weighted by molar-refractivity contribution is -0.121. The largest absolute Gasteiger partial charge is 0.381 e. The van der Waals surface area contributed by atoms with Gasteiger partial charge in [0.15, 0.2) is 0 Å². The smallest absolute Gasteiger partial charge is 0.220 e. The first-order valence-corrected chi connectivity index (χ1v) is 7.29. The zero-order chi connectivity index (χ0) is 12.8. The molecule has 0 radical (unpaired) electrons. The summed E-state index contributed by atoms with van der Waals surface area (Å²) in [6, 6.07) is 0. The van der Waals surface area contributed by atoms with Crippen molar-refractivity contribution in [1.82, 2.24) is 5.32 Å². The maximum atomic E-state index is 11.7. The molecule has 2 rings (SSSR count). The van der Waals surface area contributed by atoms with Crippen LogP contribution in [0.15, 0.2) is 0 Å². The molecule has 0 aromatic rings. The number of carbonyl (C=O) groups excluding carboxylic acids is 1. The fourth-order valence-corrected chi connectivity index (χ4v) is 2.59. The Bertz CT molecular complexity index is 271. The third-order valence-electron chi connectivity index (χ3n) is 4.41. The summed E-state index contributed by atoms with van der Waals surface area (Å²) in [7, 11) is 0. The standard InChI is InChI=1S/C14H26N2O2/c15-10-14(6-7-14)11-16-13(17)3-1-2-12-4-8-18-9-5-12/h12H,1-11,15H2,(H,16,17). The van der Waals surface area contributed by atoms with E-state index in [-0.39, 0.29) is 11.3 Å². The molecule has 3 N–H and O–H groups in total. The third kappa shape index (κ3) is 4.25. The highest BCUT2D eigenvalue weighted by Gasteiger charge is 2.41. The number of carbonyl (C=O) groups is 1. The van der Waals surface area contributed by atoms with Gasteiger partial charge in [0.05, 0.1) is 0 Å². The fraction of sp³-hybridized carbons (Fsp3) is 0.929. The van der Waals surface area contributed by atoms with Crippen LogP contribution in [0.3, 0.4) is 0 Å². The van der Waals surface area contributed by atoms with Crippen molar-refractivity contribution in [2.45, 2.75) is 44.9 Å². The van der Waals surface area contributed by atoms with E-state index in [1.165, 1.54) is 19.3 Å². The molecule has 2 aliphatic rings. The molecule has 0 aromatic carbocycles. The lowest BCUT2D eigenvalue weighted by Gasteiger charge is -2.21. The molecule has 1 saturated carbocycles. The van der Waals surface area contributed by atoms with Gasteiger partial charge in [-0.25, -0.2) is 0 Å². The Morgan fingerprint density at radius 2 is 2.06 bits per heavy atom. The molecule has 4 nitrogen and oxygen atoms in total. The molecule has 104 valence electrons. The molecule has 18 heavy (non-hydrogen) atoms.